The standard InChI is InChI=1S/C15H18N2O3S2/c1-9(2)6-11(14(19)20)17-13(18)12(22-15(17)21)7-10-4-5-16(3)8-10/h4-5,7-9,11H,6H2,1-3H3,(H,19,20). The fourth-order valence-electron chi connectivity index (χ4n) is 2.27. The molecule has 1 aliphatic heterocycles. The maximum Gasteiger partial charge on any atom is 0.326 e. The molecule has 1 saturated heterocycles. The fourth-order valence-corrected chi connectivity index (χ4v) is 3.63. The molecule has 1 amide bonds. The minimum absolute atomic E-state index is 0.156. The molecular weight excluding hydrogens is 320 g/mol. The van der Waals surface area contributed by atoms with E-state index >= 15 is 0 Å². The van der Waals surface area contributed by atoms with E-state index in [9.17, 15) is 14.7 Å². The second-order valence-corrected chi connectivity index (χ2v) is 7.32. The quantitative estimate of drug-likeness (QED) is 0.661. The van der Waals surface area contributed by atoms with Crippen LogP contribution in [0.2, 0.25) is 0 Å². The summed E-state index contributed by atoms with van der Waals surface area (Å²) in [5.74, 6) is -1.19. The van der Waals surface area contributed by atoms with Crippen LogP contribution in [0, 0.1) is 5.92 Å². The summed E-state index contributed by atoms with van der Waals surface area (Å²) in [6.45, 7) is 3.85. The Morgan fingerprint density at radius 3 is 2.68 bits per heavy atom. The van der Waals surface area contributed by atoms with E-state index in [4.69, 9.17) is 12.2 Å². The van der Waals surface area contributed by atoms with Crippen molar-refractivity contribution in [1.82, 2.24) is 9.47 Å². The minimum Gasteiger partial charge on any atom is -0.480 e. The number of hydrogen-bond donors (Lipinski definition) is 1. The summed E-state index contributed by atoms with van der Waals surface area (Å²) in [6.07, 6.45) is 5.88. The van der Waals surface area contributed by atoms with Crippen molar-refractivity contribution in [3.05, 3.63) is 28.9 Å². The third-order valence-corrected chi connectivity index (χ3v) is 4.60. The molecule has 22 heavy (non-hydrogen) atoms. The van der Waals surface area contributed by atoms with E-state index in [0.29, 0.717) is 15.6 Å². The Bertz CT molecular complexity index is 649. The number of nitrogens with zero attached hydrogens (tertiary/aromatic N) is 2. The molecule has 2 heterocycles. The number of rotatable bonds is 5. The Kier molecular flexibility index (Phi) is 5.08. The van der Waals surface area contributed by atoms with Crippen LogP contribution in [0.5, 0.6) is 0 Å². The van der Waals surface area contributed by atoms with Gasteiger partial charge < -0.3 is 9.67 Å². The predicted molar refractivity (Wildman–Crippen MR) is 91.3 cm³/mol. The van der Waals surface area contributed by atoms with Gasteiger partial charge in [0.2, 0.25) is 0 Å². The van der Waals surface area contributed by atoms with Crippen molar-refractivity contribution < 1.29 is 14.7 Å². The zero-order chi connectivity index (χ0) is 16.4. The lowest BCUT2D eigenvalue weighted by Crippen LogP contribution is -2.44. The van der Waals surface area contributed by atoms with Crippen LogP contribution in [0.3, 0.4) is 0 Å². The Morgan fingerprint density at radius 1 is 1.50 bits per heavy atom. The molecule has 0 spiro atoms. The van der Waals surface area contributed by atoms with E-state index < -0.39 is 12.0 Å². The molecule has 0 aromatic carbocycles. The highest BCUT2D eigenvalue weighted by Crippen LogP contribution is 2.35. The van der Waals surface area contributed by atoms with Gasteiger partial charge in [0, 0.05) is 19.4 Å². The fraction of sp³-hybridized carbons (Fsp3) is 0.400. The second kappa shape index (κ2) is 6.66. The summed E-state index contributed by atoms with van der Waals surface area (Å²) in [5, 5.41) is 9.41. The van der Waals surface area contributed by atoms with Crippen molar-refractivity contribution in [3.8, 4) is 0 Å². The van der Waals surface area contributed by atoms with Gasteiger partial charge in [0.15, 0.2) is 0 Å². The van der Waals surface area contributed by atoms with Gasteiger partial charge in [-0.25, -0.2) is 4.79 Å². The molecule has 1 fully saturated rings. The van der Waals surface area contributed by atoms with E-state index in [-0.39, 0.29) is 11.8 Å². The van der Waals surface area contributed by atoms with Crippen LogP contribution in [0.4, 0.5) is 0 Å². The number of aryl methyl sites for hydroxylation is 1. The van der Waals surface area contributed by atoms with Gasteiger partial charge in [-0.05, 0) is 30.0 Å². The van der Waals surface area contributed by atoms with Crippen molar-refractivity contribution in [2.45, 2.75) is 26.3 Å². The Balaban J connectivity index is 2.27. The monoisotopic (exact) mass is 338 g/mol. The van der Waals surface area contributed by atoms with E-state index in [1.165, 1.54) is 4.90 Å². The number of aromatic nitrogens is 1. The summed E-state index contributed by atoms with van der Waals surface area (Å²) in [6, 6.07) is 0.976. The highest BCUT2D eigenvalue weighted by Gasteiger charge is 2.40. The normalized spacial score (nSPS) is 18.5. The van der Waals surface area contributed by atoms with Crippen LogP contribution in [-0.2, 0) is 16.6 Å². The molecule has 0 bridgehead atoms. The summed E-state index contributed by atoms with van der Waals surface area (Å²) < 4.78 is 2.19. The molecule has 5 nitrogen and oxygen atoms in total. The number of carbonyl (C=O) groups excluding carboxylic acids is 1. The van der Waals surface area contributed by atoms with Crippen LogP contribution in [0.25, 0.3) is 6.08 Å². The molecule has 1 atom stereocenters. The molecule has 2 rings (SSSR count). The number of amides is 1. The Morgan fingerprint density at radius 2 is 2.18 bits per heavy atom. The predicted octanol–water partition coefficient (Wildman–Crippen LogP) is 2.73. The zero-order valence-corrected chi connectivity index (χ0v) is 14.3. The molecule has 1 unspecified atom stereocenters. The van der Waals surface area contributed by atoms with E-state index in [1.54, 1.807) is 6.08 Å². The first-order valence-corrected chi connectivity index (χ1v) is 8.14. The number of carbonyl (C=O) groups is 2. The molecule has 0 radical (unpaired) electrons. The smallest absolute Gasteiger partial charge is 0.326 e. The van der Waals surface area contributed by atoms with Gasteiger partial charge in [-0.2, -0.15) is 0 Å². The summed E-state index contributed by atoms with van der Waals surface area (Å²) in [4.78, 5) is 25.7. The SMILES string of the molecule is CC(C)CC(C(=O)O)N1C(=O)C(=Cc2ccn(C)c2)SC1=S. The van der Waals surface area contributed by atoms with Gasteiger partial charge in [-0.15, -0.1) is 0 Å². The Hall–Kier alpha value is -1.60. The van der Waals surface area contributed by atoms with Crippen LogP contribution < -0.4 is 0 Å². The molecule has 0 aliphatic carbocycles. The summed E-state index contributed by atoms with van der Waals surface area (Å²) >= 11 is 6.38. The van der Waals surface area contributed by atoms with Crippen molar-refractivity contribution in [2.75, 3.05) is 0 Å². The van der Waals surface area contributed by atoms with Crippen molar-refractivity contribution in [2.24, 2.45) is 13.0 Å². The third kappa shape index (κ3) is 3.59. The minimum atomic E-state index is -1.02. The maximum atomic E-state index is 12.5. The second-order valence-electron chi connectivity index (χ2n) is 5.65. The van der Waals surface area contributed by atoms with E-state index in [0.717, 1.165) is 17.3 Å². The topological polar surface area (TPSA) is 62.5 Å². The van der Waals surface area contributed by atoms with E-state index in [1.807, 2.05) is 43.9 Å². The number of thioether (sulfide) groups is 1. The lowest BCUT2D eigenvalue weighted by Gasteiger charge is -2.24. The van der Waals surface area contributed by atoms with Gasteiger partial charge in [0.1, 0.15) is 10.4 Å². The van der Waals surface area contributed by atoms with Crippen molar-refractivity contribution in [3.63, 3.8) is 0 Å². The van der Waals surface area contributed by atoms with Crippen molar-refractivity contribution >= 4 is 46.3 Å². The molecule has 1 aliphatic rings. The molecule has 1 aromatic rings. The molecule has 0 saturated carbocycles. The average Bonchev–Trinajstić information content (AvgIpc) is 2.92. The molecular formula is C15H18N2O3S2. The average molecular weight is 338 g/mol. The molecule has 1 aromatic heterocycles. The van der Waals surface area contributed by atoms with Gasteiger partial charge in [-0.3, -0.25) is 9.69 Å². The first-order chi connectivity index (χ1) is 10.3. The zero-order valence-electron chi connectivity index (χ0n) is 12.6. The largest absolute Gasteiger partial charge is 0.480 e. The highest BCUT2D eigenvalue weighted by atomic mass is 32.2. The Labute approximate surface area is 139 Å². The number of aliphatic carboxylic acids is 1. The molecule has 118 valence electrons. The van der Waals surface area contributed by atoms with Crippen LogP contribution in [0.15, 0.2) is 23.4 Å². The number of carboxylic acids is 1. The van der Waals surface area contributed by atoms with Crippen molar-refractivity contribution in [1.29, 1.82) is 0 Å². The van der Waals surface area contributed by atoms with E-state index in [2.05, 4.69) is 0 Å². The van der Waals surface area contributed by atoms with Gasteiger partial charge in [-0.1, -0.05) is 37.8 Å². The maximum absolute atomic E-state index is 12.5. The first kappa shape index (κ1) is 16.8. The number of thiocarbonyl (C=S) groups is 1. The molecule has 7 heteroatoms. The third-order valence-electron chi connectivity index (χ3n) is 3.27. The van der Waals surface area contributed by atoms with Gasteiger partial charge in [0.25, 0.3) is 5.91 Å². The van der Waals surface area contributed by atoms with Gasteiger partial charge in [0.05, 0.1) is 4.91 Å². The summed E-state index contributed by atoms with van der Waals surface area (Å²) in [5.41, 5.74) is 0.888. The lowest BCUT2D eigenvalue weighted by molar-refractivity contribution is -0.145. The van der Waals surface area contributed by atoms with Crippen LogP contribution >= 0.6 is 24.0 Å². The van der Waals surface area contributed by atoms with Crippen LogP contribution in [0.1, 0.15) is 25.8 Å². The molecule has 1 N–H and O–H groups in total. The highest BCUT2D eigenvalue weighted by molar-refractivity contribution is 8.26. The lowest BCUT2D eigenvalue weighted by atomic mass is 10.0. The summed E-state index contributed by atoms with van der Waals surface area (Å²) in [7, 11) is 1.89. The number of carboxylic acid groups (broad SMARTS) is 1. The number of hydrogen-bond acceptors (Lipinski definition) is 4. The van der Waals surface area contributed by atoms with Gasteiger partial charge >= 0.3 is 5.97 Å². The van der Waals surface area contributed by atoms with Crippen LogP contribution in [-0.4, -0.2) is 36.8 Å². The first-order valence-electron chi connectivity index (χ1n) is 6.91.